The maximum atomic E-state index is 9.96. The molecule has 6 atom stereocenters. The summed E-state index contributed by atoms with van der Waals surface area (Å²) in [4.78, 5) is 0. The zero-order valence-electron chi connectivity index (χ0n) is 10.5. The van der Waals surface area contributed by atoms with E-state index < -0.39 is 27.0 Å². The number of alkyl halides is 2. The molecule has 0 bridgehead atoms. The molecule has 1 saturated carbocycles. The fraction of sp³-hybridized carbons (Fsp3) is 0.909. The van der Waals surface area contributed by atoms with Crippen LogP contribution >= 0.6 is 40.2 Å². The standard InChI is InChI=1S/C10H17Cl2NO.CH3.2ClH.Zr/c1-5-2-3-6-7(11)4-8(12)10(14)9(6)13-5;;;;/h5-10,13-14H,2-4H2,1H3;1H3;2*1H;/q;-1;;;+2/p-2. The van der Waals surface area contributed by atoms with E-state index in [0.717, 1.165) is 19.3 Å². The monoisotopic (exact) mass is 412 g/mol. The van der Waals surface area contributed by atoms with Crippen LogP contribution in [0.1, 0.15) is 26.2 Å². The third-order valence-electron chi connectivity index (χ3n) is 3.52. The maximum absolute atomic E-state index is 9.96. The third kappa shape index (κ3) is 5.39. The van der Waals surface area contributed by atoms with Crippen LogP contribution in [0.15, 0.2) is 0 Å². The van der Waals surface area contributed by atoms with Gasteiger partial charge in [-0.25, -0.2) is 0 Å². The minimum absolute atomic E-state index is 0. The number of hydrogen-bond donors (Lipinski definition) is 2. The van der Waals surface area contributed by atoms with Crippen molar-refractivity contribution in [2.45, 2.75) is 55.1 Å². The van der Waals surface area contributed by atoms with Crippen molar-refractivity contribution in [2.75, 3.05) is 0 Å². The molecule has 2 rings (SSSR count). The molecule has 6 unspecified atom stereocenters. The van der Waals surface area contributed by atoms with Gasteiger partial charge in [0.05, 0.1) is 11.5 Å². The Morgan fingerprint density at radius 3 is 2.28 bits per heavy atom. The first-order chi connectivity index (χ1) is 8.01. The van der Waals surface area contributed by atoms with Gasteiger partial charge in [-0.2, -0.15) is 0 Å². The van der Waals surface area contributed by atoms with Crippen LogP contribution in [0.4, 0.5) is 0 Å². The van der Waals surface area contributed by atoms with E-state index in [4.69, 9.17) is 40.2 Å². The van der Waals surface area contributed by atoms with Crippen molar-refractivity contribution in [2.24, 2.45) is 5.92 Å². The van der Waals surface area contributed by atoms with Crippen LogP contribution in [0.5, 0.6) is 0 Å². The minimum atomic E-state index is -0.826. The van der Waals surface area contributed by atoms with Crippen molar-refractivity contribution in [3.05, 3.63) is 7.43 Å². The molecule has 1 saturated heterocycles. The second kappa shape index (κ2) is 9.82. The average molecular weight is 415 g/mol. The van der Waals surface area contributed by atoms with Gasteiger partial charge in [0, 0.05) is 17.5 Å². The summed E-state index contributed by atoms with van der Waals surface area (Å²) in [5.74, 6) is 0.387. The topological polar surface area (TPSA) is 32.3 Å². The fourth-order valence-electron chi connectivity index (χ4n) is 2.67. The molecule has 7 heteroatoms. The molecular weight excluding hydrogens is 395 g/mol. The van der Waals surface area contributed by atoms with Crippen LogP contribution in [0.25, 0.3) is 0 Å². The molecule has 2 N–H and O–H groups in total. The van der Waals surface area contributed by atoms with Crippen molar-refractivity contribution in [1.29, 1.82) is 0 Å². The van der Waals surface area contributed by atoms with E-state index in [-0.39, 0.29) is 24.2 Å². The SMILES string of the molecule is CC1CCC2C(Cl)CC(Cl)C(O)C2N1.[CH3-].[Cl][Zr][Cl]. The summed E-state index contributed by atoms with van der Waals surface area (Å²) in [6.45, 7) is 2.14. The van der Waals surface area contributed by atoms with Gasteiger partial charge in [0.1, 0.15) is 0 Å². The van der Waals surface area contributed by atoms with Gasteiger partial charge < -0.3 is 17.8 Å². The van der Waals surface area contributed by atoms with E-state index in [2.05, 4.69) is 12.2 Å². The number of piperidine rings is 1. The van der Waals surface area contributed by atoms with Crippen LogP contribution in [0.2, 0.25) is 0 Å². The first-order valence-electron chi connectivity index (χ1n) is 5.69. The molecule has 0 aromatic rings. The van der Waals surface area contributed by atoms with Crippen molar-refractivity contribution in [1.82, 2.24) is 5.32 Å². The van der Waals surface area contributed by atoms with Crippen LogP contribution in [-0.2, 0) is 20.8 Å². The molecule has 1 heterocycles. The van der Waals surface area contributed by atoms with E-state index in [0.29, 0.717) is 12.0 Å². The predicted octanol–water partition coefficient (Wildman–Crippen LogP) is 3.55. The summed E-state index contributed by atoms with van der Waals surface area (Å²) >= 11 is 11.5. The molecule has 2 aliphatic rings. The first kappa shape index (κ1) is 20.0. The van der Waals surface area contributed by atoms with Crippen molar-refractivity contribution in [3.8, 4) is 0 Å². The molecular formula is C11H20Cl4NOZr-. The van der Waals surface area contributed by atoms with Gasteiger partial charge in [-0.3, -0.25) is 0 Å². The Hall–Kier alpha value is 1.96. The Kier molecular flexibility index (Phi) is 10.9. The summed E-state index contributed by atoms with van der Waals surface area (Å²) in [6.07, 6.45) is 2.53. The van der Waals surface area contributed by atoms with Gasteiger partial charge in [0.2, 0.25) is 0 Å². The van der Waals surface area contributed by atoms with Crippen molar-refractivity contribution < 1.29 is 26.0 Å². The summed E-state index contributed by atoms with van der Waals surface area (Å²) in [6, 6.07) is 0.564. The second-order valence-corrected chi connectivity index (χ2v) is 9.52. The number of hydrogen-bond acceptors (Lipinski definition) is 2. The van der Waals surface area contributed by atoms with Crippen molar-refractivity contribution in [3.63, 3.8) is 0 Å². The van der Waals surface area contributed by atoms with Gasteiger partial charge in [0.15, 0.2) is 0 Å². The number of halogens is 4. The van der Waals surface area contributed by atoms with Crippen LogP contribution in [0.3, 0.4) is 0 Å². The normalized spacial score (nSPS) is 42.8. The Morgan fingerprint density at radius 2 is 1.72 bits per heavy atom. The zero-order chi connectivity index (χ0) is 13.0. The molecule has 0 spiro atoms. The van der Waals surface area contributed by atoms with Crippen LogP contribution in [0, 0.1) is 13.3 Å². The Labute approximate surface area is 139 Å². The molecule has 2 fully saturated rings. The average Bonchev–Trinajstić information content (AvgIpc) is 2.27. The molecule has 0 amide bonds. The number of rotatable bonds is 0. The number of fused-ring (bicyclic) bond motifs is 1. The van der Waals surface area contributed by atoms with Gasteiger partial charge in [0.25, 0.3) is 0 Å². The summed E-state index contributed by atoms with van der Waals surface area (Å²) in [5.41, 5.74) is 0. The van der Waals surface area contributed by atoms with Gasteiger partial charge in [-0.05, 0) is 32.1 Å². The number of aliphatic hydroxyl groups excluding tert-OH is 1. The van der Waals surface area contributed by atoms with E-state index in [1.54, 1.807) is 0 Å². The molecule has 0 aromatic heterocycles. The van der Waals surface area contributed by atoms with Crippen LogP contribution in [-0.4, -0.2) is 34.0 Å². The van der Waals surface area contributed by atoms with E-state index >= 15 is 0 Å². The molecule has 18 heavy (non-hydrogen) atoms. The molecule has 1 aliphatic carbocycles. The summed E-state index contributed by atoms with van der Waals surface area (Å²) in [7, 11) is 9.87. The van der Waals surface area contributed by atoms with Gasteiger partial charge in [-0.1, -0.05) is 0 Å². The summed E-state index contributed by atoms with van der Waals surface area (Å²) in [5, 5.41) is 13.3. The fourth-order valence-corrected chi connectivity index (χ4v) is 3.58. The van der Waals surface area contributed by atoms with Gasteiger partial charge in [-0.15, -0.1) is 23.2 Å². The zero-order valence-corrected chi connectivity index (χ0v) is 16.0. The summed E-state index contributed by atoms with van der Waals surface area (Å²) < 4.78 is 0. The third-order valence-corrected chi connectivity index (χ3v) is 4.46. The number of nitrogens with one attached hydrogen (secondary N) is 1. The first-order valence-corrected chi connectivity index (χ1v) is 12.9. The molecule has 2 nitrogen and oxygen atoms in total. The Bertz CT molecular complexity index is 237. The Balaban J connectivity index is 0.000000660. The van der Waals surface area contributed by atoms with Gasteiger partial charge >= 0.3 is 37.9 Å². The van der Waals surface area contributed by atoms with Crippen molar-refractivity contribution >= 4 is 40.2 Å². The molecule has 108 valence electrons. The second-order valence-electron chi connectivity index (χ2n) is 4.66. The number of aliphatic hydroxyl groups is 1. The molecule has 1 aliphatic heterocycles. The van der Waals surface area contributed by atoms with E-state index in [1.165, 1.54) is 0 Å². The Morgan fingerprint density at radius 1 is 1.17 bits per heavy atom. The van der Waals surface area contributed by atoms with Crippen LogP contribution < -0.4 is 5.32 Å². The molecule has 0 aromatic carbocycles. The molecule has 0 radical (unpaired) electrons. The predicted molar refractivity (Wildman–Crippen MR) is 77.1 cm³/mol. The van der Waals surface area contributed by atoms with E-state index in [9.17, 15) is 5.11 Å². The quantitative estimate of drug-likeness (QED) is 0.469. The van der Waals surface area contributed by atoms with E-state index in [1.807, 2.05) is 0 Å².